The summed E-state index contributed by atoms with van der Waals surface area (Å²) in [4.78, 5) is 18.5. The fourth-order valence-electron chi connectivity index (χ4n) is 2.41. The molecule has 2 unspecified atom stereocenters. The third-order valence-electron chi connectivity index (χ3n) is 4.35. The Morgan fingerprint density at radius 2 is 2.20 bits per heavy atom. The van der Waals surface area contributed by atoms with E-state index in [1.54, 1.807) is 0 Å². The Morgan fingerprint density at radius 3 is 2.80 bits per heavy atom. The molecule has 2 atom stereocenters. The van der Waals surface area contributed by atoms with Gasteiger partial charge in [-0.25, -0.2) is 4.98 Å². The summed E-state index contributed by atoms with van der Waals surface area (Å²) < 4.78 is 5.40. The number of carbonyl (C=O) groups is 1. The van der Waals surface area contributed by atoms with Crippen molar-refractivity contribution >= 4 is 5.91 Å². The van der Waals surface area contributed by atoms with Gasteiger partial charge in [-0.05, 0) is 24.7 Å². The Hall–Kier alpha value is -1.36. The summed E-state index contributed by atoms with van der Waals surface area (Å²) in [5.74, 6) is 1.41. The minimum atomic E-state index is -0.247. The third-order valence-corrected chi connectivity index (χ3v) is 4.35. The molecule has 5 heteroatoms. The molecule has 0 bridgehead atoms. The van der Waals surface area contributed by atoms with E-state index in [4.69, 9.17) is 10.2 Å². The predicted octanol–water partition coefficient (Wildman–Crippen LogP) is 2.59. The maximum atomic E-state index is 12.3. The lowest BCUT2D eigenvalue weighted by Gasteiger charge is -2.29. The van der Waals surface area contributed by atoms with E-state index in [0.717, 1.165) is 32.4 Å². The lowest BCUT2D eigenvalue weighted by molar-refractivity contribution is 0.0691. The van der Waals surface area contributed by atoms with E-state index in [-0.39, 0.29) is 17.9 Å². The molecule has 1 amide bonds. The van der Waals surface area contributed by atoms with E-state index >= 15 is 0 Å². The molecule has 2 rings (SSSR count). The highest BCUT2D eigenvalue weighted by Gasteiger charge is 2.25. The number of piperidine rings is 1. The van der Waals surface area contributed by atoms with E-state index in [9.17, 15) is 4.79 Å². The maximum absolute atomic E-state index is 12.3. The van der Waals surface area contributed by atoms with Crippen LogP contribution in [0.15, 0.2) is 10.7 Å². The smallest absolute Gasteiger partial charge is 0.275 e. The third kappa shape index (κ3) is 3.20. The molecule has 1 aromatic rings. The van der Waals surface area contributed by atoms with E-state index in [1.807, 2.05) is 4.90 Å². The summed E-state index contributed by atoms with van der Waals surface area (Å²) in [5.41, 5.74) is 6.46. The van der Waals surface area contributed by atoms with Gasteiger partial charge >= 0.3 is 0 Å². The van der Waals surface area contributed by atoms with Crippen molar-refractivity contribution in [1.82, 2.24) is 9.88 Å². The molecule has 5 nitrogen and oxygen atoms in total. The van der Waals surface area contributed by atoms with Crippen molar-refractivity contribution in [2.45, 2.75) is 46.1 Å². The molecule has 112 valence electrons. The minimum absolute atomic E-state index is 0.0387. The van der Waals surface area contributed by atoms with Gasteiger partial charge in [0.2, 0.25) is 5.89 Å². The first-order valence-electron chi connectivity index (χ1n) is 7.53. The fraction of sp³-hybridized carbons (Fsp3) is 0.733. The maximum Gasteiger partial charge on any atom is 0.275 e. The average molecular weight is 279 g/mol. The highest BCUT2D eigenvalue weighted by molar-refractivity contribution is 5.92. The molecule has 0 spiro atoms. The van der Waals surface area contributed by atoms with Crippen molar-refractivity contribution in [2.75, 3.05) is 13.1 Å². The largest absolute Gasteiger partial charge is 0.446 e. The van der Waals surface area contributed by atoms with Crippen molar-refractivity contribution < 1.29 is 9.21 Å². The summed E-state index contributed by atoms with van der Waals surface area (Å²) in [6, 6.07) is -0.247. The van der Waals surface area contributed by atoms with Crippen LogP contribution in [0, 0.1) is 11.8 Å². The van der Waals surface area contributed by atoms with Gasteiger partial charge in [0.15, 0.2) is 5.69 Å². The van der Waals surface area contributed by atoms with Crippen LogP contribution in [-0.2, 0) is 0 Å². The van der Waals surface area contributed by atoms with Crippen molar-refractivity contribution in [3.05, 3.63) is 17.8 Å². The van der Waals surface area contributed by atoms with E-state index < -0.39 is 0 Å². The Labute approximate surface area is 120 Å². The molecule has 0 aliphatic carbocycles. The first kappa shape index (κ1) is 15.0. The van der Waals surface area contributed by atoms with Crippen molar-refractivity contribution in [1.29, 1.82) is 0 Å². The van der Waals surface area contributed by atoms with Crippen molar-refractivity contribution in [2.24, 2.45) is 17.6 Å². The van der Waals surface area contributed by atoms with Crippen LogP contribution in [0.3, 0.4) is 0 Å². The van der Waals surface area contributed by atoms with Gasteiger partial charge in [-0.2, -0.15) is 0 Å². The van der Waals surface area contributed by atoms with Gasteiger partial charge in [0.05, 0.1) is 6.04 Å². The highest BCUT2D eigenvalue weighted by Crippen LogP contribution is 2.22. The molecule has 0 radical (unpaired) electrons. The molecule has 0 aromatic carbocycles. The van der Waals surface area contributed by atoms with Gasteiger partial charge in [-0.1, -0.05) is 27.2 Å². The molecular weight excluding hydrogens is 254 g/mol. The number of rotatable bonds is 4. The zero-order valence-electron chi connectivity index (χ0n) is 12.6. The molecular formula is C15H25N3O2. The Kier molecular flexibility index (Phi) is 4.81. The SMILES string of the molecule is CCC(C)C(N)c1nc(C(=O)N2CCC(C)CC2)co1. The second-order valence-corrected chi connectivity index (χ2v) is 5.96. The number of likely N-dealkylation sites (tertiary alicyclic amines) is 1. The van der Waals surface area contributed by atoms with Crippen LogP contribution in [0.25, 0.3) is 0 Å². The molecule has 1 aliphatic rings. The number of nitrogens with zero attached hydrogens (tertiary/aromatic N) is 2. The second kappa shape index (κ2) is 6.39. The van der Waals surface area contributed by atoms with Gasteiger partial charge in [0.1, 0.15) is 6.26 Å². The van der Waals surface area contributed by atoms with Crippen molar-refractivity contribution in [3.63, 3.8) is 0 Å². The number of hydrogen-bond acceptors (Lipinski definition) is 4. The molecule has 2 heterocycles. The quantitative estimate of drug-likeness (QED) is 0.919. The number of oxazole rings is 1. The topological polar surface area (TPSA) is 72.4 Å². The van der Waals surface area contributed by atoms with Gasteiger partial charge in [0, 0.05) is 13.1 Å². The van der Waals surface area contributed by atoms with Crippen LogP contribution in [-0.4, -0.2) is 28.9 Å². The molecule has 1 aromatic heterocycles. The van der Waals surface area contributed by atoms with Crippen LogP contribution in [0.5, 0.6) is 0 Å². The Morgan fingerprint density at radius 1 is 1.55 bits per heavy atom. The highest BCUT2D eigenvalue weighted by atomic mass is 16.3. The fourth-order valence-corrected chi connectivity index (χ4v) is 2.41. The van der Waals surface area contributed by atoms with Crippen LogP contribution in [0.2, 0.25) is 0 Å². The summed E-state index contributed by atoms with van der Waals surface area (Å²) in [6.07, 6.45) is 4.51. The number of amides is 1. The molecule has 20 heavy (non-hydrogen) atoms. The zero-order chi connectivity index (χ0) is 14.7. The second-order valence-electron chi connectivity index (χ2n) is 5.96. The zero-order valence-corrected chi connectivity index (χ0v) is 12.6. The monoisotopic (exact) mass is 279 g/mol. The standard InChI is InChI=1S/C15H25N3O2/c1-4-11(3)13(16)14-17-12(9-20-14)15(19)18-7-5-10(2)6-8-18/h9-11,13H,4-8,16H2,1-3H3. The van der Waals surface area contributed by atoms with Crippen LogP contribution in [0.1, 0.15) is 62.5 Å². The molecule has 1 aliphatic heterocycles. The van der Waals surface area contributed by atoms with Crippen LogP contribution >= 0.6 is 0 Å². The molecule has 0 saturated carbocycles. The summed E-state index contributed by atoms with van der Waals surface area (Å²) in [5, 5.41) is 0. The number of aromatic nitrogens is 1. The molecule has 1 saturated heterocycles. The van der Waals surface area contributed by atoms with Gasteiger partial charge in [-0.15, -0.1) is 0 Å². The molecule has 2 N–H and O–H groups in total. The average Bonchev–Trinajstić information content (AvgIpc) is 2.95. The lowest BCUT2D eigenvalue weighted by atomic mass is 9.99. The first-order valence-corrected chi connectivity index (χ1v) is 7.53. The first-order chi connectivity index (χ1) is 9.52. The lowest BCUT2D eigenvalue weighted by Crippen LogP contribution is -2.38. The number of hydrogen-bond donors (Lipinski definition) is 1. The van der Waals surface area contributed by atoms with E-state index in [0.29, 0.717) is 17.5 Å². The van der Waals surface area contributed by atoms with Gasteiger partial charge in [0.25, 0.3) is 5.91 Å². The van der Waals surface area contributed by atoms with Crippen molar-refractivity contribution in [3.8, 4) is 0 Å². The van der Waals surface area contributed by atoms with E-state index in [2.05, 4.69) is 25.8 Å². The van der Waals surface area contributed by atoms with Crippen LogP contribution < -0.4 is 5.73 Å². The molecule has 1 fully saturated rings. The van der Waals surface area contributed by atoms with Gasteiger partial charge < -0.3 is 15.1 Å². The summed E-state index contributed by atoms with van der Waals surface area (Å²) in [6.45, 7) is 7.97. The summed E-state index contributed by atoms with van der Waals surface area (Å²) in [7, 11) is 0. The normalized spacial score (nSPS) is 19.9. The van der Waals surface area contributed by atoms with Crippen LogP contribution in [0.4, 0.5) is 0 Å². The van der Waals surface area contributed by atoms with Gasteiger partial charge in [-0.3, -0.25) is 4.79 Å². The number of nitrogens with two attached hydrogens (primary N) is 1. The Balaban J connectivity index is 2.03. The Bertz CT molecular complexity index is 450. The number of carbonyl (C=O) groups excluding carboxylic acids is 1. The summed E-state index contributed by atoms with van der Waals surface area (Å²) >= 11 is 0. The predicted molar refractivity (Wildman–Crippen MR) is 77.2 cm³/mol. The van der Waals surface area contributed by atoms with E-state index in [1.165, 1.54) is 6.26 Å². The minimum Gasteiger partial charge on any atom is -0.446 e.